The van der Waals surface area contributed by atoms with Gasteiger partial charge in [0.15, 0.2) is 23.3 Å². The number of halogens is 5. The number of carbonyl (C=O) groups is 1. The number of rotatable bonds is 2. The summed E-state index contributed by atoms with van der Waals surface area (Å²) >= 11 is 0. The van der Waals surface area contributed by atoms with E-state index in [9.17, 15) is 26.7 Å². The molecule has 9 heteroatoms. The van der Waals surface area contributed by atoms with Gasteiger partial charge in [-0.1, -0.05) is 0 Å². The van der Waals surface area contributed by atoms with Crippen molar-refractivity contribution in [2.45, 2.75) is 0 Å². The molecule has 0 saturated heterocycles. The van der Waals surface area contributed by atoms with E-state index < -0.39 is 40.6 Å². The summed E-state index contributed by atoms with van der Waals surface area (Å²) in [5, 5.41) is 7.64. The molecule has 0 radical (unpaired) electrons. The van der Waals surface area contributed by atoms with Crippen LogP contribution in [0.1, 0.15) is 10.4 Å². The number of aromatic nitrogens is 2. The van der Waals surface area contributed by atoms with Gasteiger partial charge in [-0.3, -0.25) is 9.89 Å². The van der Waals surface area contributed by atoms with Gasteiger partial charge < -0.3 is 5.32 Å². The van der Waals surface area contributed by atoms with Crippen LogP contribution in [0.2, 0.25) is 0 Å². The van der Waals surface area contributed by atoms with Crippen LogP contribution in [0.25, 0.3) is 0 Å². The minimum absolute atomic E-state index is 0.00828. The summed E-state index contributed by atoms with van der Waals surface area (Å²) < 4.78 is 65.1. The van der Waals surface area contributed by atoms with Crippen molar-refractivity contribution < 1.29 is 26.7 Å². The molecule has 0 saturated carbocycles. The molecule has 1 aromatic carbocycles. The van der Waals surface area contributed by atoms with Gasteiger partial charge in [0.25, 0.3) is 5.91 Å². The average Bonchev–Trinajstić information content (AvgIpc) is 2.87. The molecule has 0 aliphatic rings. The van der Waals surface area contributed by atoms with E-state index >= 15 is 0 Å². The number of nitrogens with zero attached hydrogens (tertiary/aromatic N) is 1. The van der Waals surface area contributed by atoms with Crippen molar-refractivity contribution in [1.82, 2.24) is 10.2 Å². The molecule has 1 amide bonds. The SMILES string of the molecule is O=C(Nc1cn[nH]c1)c1c(F)c(F)c(F)c(F)c1F. The molecule has 0 spiro atoms. The molecule has 0 fully saturated rings. The Balaban J connectivity index is 2.48. The average molecular weight is 277 g/mol. The molecule has 0 bridgehead atoms. The predicted molar refractivity (Wildman–Crippen MR) is 52.8 cm³/mol. The quantitative estimate of drug-likeness (QED) is 0.503. The molecule has 2 aromatic rings. The van der Waals surface area contributed by atoms with Crippen molar-refractivity contribution in [3.63, 3.8) is 0 Å². The molecule has 19 heavy (non-hydrogen) atoms. The van der Waals surface area contributed by atoms with Gasteiger partial charge in [0.1, 0.15) is 5.56 Å². The number of aromatic amines is 1. The number of anilines is 1. The Morgan fingerprint density at radius 3 is 2.00 bits per heavy atom. The van der Waals surface area contributed by atoms with Gasteiger partial charge in [-0.15, -0.1) is 0 Å². The van der Waals surface area contributed by atoms with Crippen LogP contribution in [0.5, 0.6) is 0 Å². The van der Waals surface area contributed by atoms with Crippen molar-refractivity contribution in [2.75, 3.05) is 5.32 Å². The highest BCUT2D eigenvalue weighted by Crippen LogP contribution is 2.23. The van der Waals surface area contributed by atoms with E-state index in [0.717, 1.165) is 12.4 Å². The topological polar surface area (TPSA) is 57.8 Å². The Morgan fingerprint density at radius 1 is 1.00 bits per heavy atom. The minimum atomic E-state index is -2.32. The maximum absolute atomic E-state index is 13.3. The van der Waals surface area contributed by atoms with Crippen molar-refractivity contribution >= 4 is 11.6 Å². The van der Waals surface area contributed by atoms with Gasteiger partial charge in [0.2, 0.25) is 5.82 Å². The second kappa shape index (κ2) is 4.67. The van der Waals surface area contributed by atoms with E-state index in [2.05, 4.69) is 10.2 Å². The third-order valence-electron chi connectivity index (χ3n) is 2.19. The first kappa shape index (κ1) is 13.0. The highest BCUT2D eigenvalue weighted by molar-refractivity contribution is 6.04. The van der Waals surface area contributed by atoms with Gasteiger partial charge in [-0.05, 0) is 0 Å². The highest BCUT2D eigenvalue weighted by Gasteiger charge is 2.29. The first-order chi connectivity index (χ1) is 8.93. The number of H-pyrrole nitrogens is 1. The Labute approximate surface area is 102 Å². The lowest BCUT2D eigenvalue weighted by Crippen LogP contribution is -2.19. The number of amides is 1. The second-order valence-electron chi connectivity index (χ2n) is 3.39. The Morgan fingerprint density at radius 2 is 1.53 bits per heavy atom. The maximum atomic E-state index is 13.3. The monoisotopic (exact) mass is 277 g/mol. The largest absolute Gasteiger partial charge is 0.319 e. The lowest BCUT2D eigenvalue weighted by molar-refractivity contribution is 0.101. The fourth-order valence-corrected chi connectivity index (χ4v) is 1.32. The molecule has 4 nitrogen and oxygen atoms in total. The van der Waals surface area contributed by atoms with Crippen molar-refractivity contribution in [3.05, 3.63) is 47.0 Å². The van der Waals surface area contributed by atoms with E-state index in [4.69, 9.17) is 0 Å². The summed E-state index contributed by atoms with van der Waals surface area (Å²) in [5.41, 5.74) is -1.55. The smallest absolute Gasteiger partial charge is 0.261 e. The summed E-state index contributed by atoms with van der Waals surface area (Å²) in [6.07, 6.45) is 2.24. The standard InChI is InChI=1S/C10H4F5N3O/c11-5-4(6(12)8(14)9(15)7(5)13)10(19)18-3-1-16-17-2-3/h1-2H,(H,16,17)(H,18,19). The van der Waals surface area contributed by atoms with Crippen molar-refractivity contribution in [1.29, 1.82) is 0 Å². The number of hydrogen-bond acceptors (Lipinski definition) is 2. The van der Waals surface area contributed by atoms with Gasteiger partial charge >= 0.3 is 0 Å². The molecule has 0 aliphatic heterocycles. The fraction of sp³-hybridized carbons (Fsp3) is 0. The number of carbonyl (C=O) groups excluding carboxylic acids is 1. The molecule has 2 rings (SSSR count). The number of nitrogens with one attached hydrogen (secondary N) is 2. The highest BCUT2D eigenvalue weighted by atomic mass is 19.2. The molecular formula is C10H4F5N3O. The second-order valence-corrected chi connectivity index (χ2v) is 3.39. The zero-order chi connectivity index (χ0) is 14.2. The molecule has 2 N–H and O–H groups in total. The van der Waals surface area contributed by atoms with Crippen LogP contribution in [-0.4, -0.2) is 16.1 Å². The summed E-state index contributed by atoms with van der Waals surface area (Å²) in [5.74, 6) is -12.6. The minimum Gasteiger partial charge on any atom is -0.319 e. The predicted octanol–water partition coefficient (Wildman–Crippen LogP) is 2.36. The normalized spacial score (nSPS) is 10.6. The number of hydrogen-bond donors (Lipinski definition) is 2. The van der Waals surface area contributed by atoms with E-state index in [1.165, 1.54) is 0 Å². The molecule has 100 valence electrons. The Hall–Kier alpha value is -2.45. The summed E-state index contributed by atoms with van der Waals surface area (Å²) in [6.45, 7) is 0. The molecular weight excluding hydrogens is 273 g/mol. The summed E-state index contributed by atoms with van der Waals surface area (Å²) in [4.78, 5) is 11.5. The summed E-state index contributed by atoms with van der Waals surface area (Å²) in [7, 11) is 0. The molecule has 0 aliphatic carbocycles. The van der Waals surface area contributed by atoms with Crippen LogP contribution in [-0.2, 0) is 0 Å². The summed E-state index contributed by atoms with van der Waals surface area (Å²) in [6, 6.07) is 0. The van der Waals surface area contributed by atoms with Crippen LogP contribution in [0.3, 0.4) is 0 Å². The van der Waals surface area contributed by atoms with E-state index in [0.29, 0.717) is 0 Å². The Bertz CT molecular complexity index is 612. The van der Waals surface area contributed by atoms with Crippen molar-refractivity contribution in [2.24, 2.45) is 0 Å². The first-order valence-electron chi connectivity index (χ1n) is 4.75. The third-order valence-corrected chi connectivity index (χ3v) is 2.19. The maximum Gasteiger partial charge on any atom is 0.261 e. The zero-order valence-corrected chi connectivity index (χ0v) is 8.90. The van der Waals surface area contributed by atoms with Crippen LogP contribution in [0, 0.1) is 29.1 Å². The Kier molecular flexibility index (Phi) is 3.19. The molecule has 1 aromatic heterocycles. The van der Waals surface area contributed by atoms with E-state index in [1.807, 2.05) is 5.32 Å². The van der Waals surface area contributed by atoms with Gasteiger partial charge in [-0.2, -0.15) is 5.10 Å². The molecule has 0 atom stereocenters. The van der Waals surface area contributed by atoms with Gasteiger partial charge in [0.05, 0.1) is 11.9 Å². The van der Waals surface area contributed by atoms with E-state index in [-0.39, 0.29) is 5.69 Å². The van der Waals surface area contributed by atoms with Crippen LogP contribution in [0.15, 0.2) is 12.4 Å². The third kappa shape index (κ3) is 2.14. The van der Waals surface area contributed by atoms with Crippen molar-refractivity contribution in [3.8, 4) is 0 Å². The first-order valence-corrected chi connectivity index (χ1v) is 4.75. The molecule has 0 unspecified atom stereocenters. The lowest BCUT2D eigenvalue weighted by Gasteiger charge is -2.07. The van der Waals surface area contributed by atoms with Gasteiger partial charge in [0, 0.05) is 6.20 Å². The van der Waals surface area contributed by atoms with E-state index in [1.54, 1.807) is 0 Å². The fourth-order valence-electron chi connectivity index (χ4n) is 1.32. The molecule has 1 heterocycles. The van der Waals surface area contributed by atoms with Crippen LogP contribution >= 0.6 is 0 Å². The van der Waals surface area contributed by atoms with Crippen LogP contribution in [0.4, 0.5) is 27.6 Å². The van der Waals surface area contributed by atoms with Crippen LogP contribution < -0.4 is 5.32 Å². The zero-order valence-electron chi connectivity index (χ0n) is 8.90. The number of benzene rings is 1. The lowest BCUT2D eigenvalue weighted by atomic mass is 10.1. The van der Waals surface area contributed by atoms with Gasteiger partial charge in [-0.25, -0.2) is 22.0 Å².